The van der Waals surface area contributed by atoms with Crippen LogP contribution in [-0.2, 0) is 27.2 Å². The summed E-state index contributed by atoms with van der Waals surface area (Å²) < 4.78 is 34.6. The van der Waals surface area contributed by atoms with Crippen LogP contribution >= 0.6 is 11.8 Å². The van der Waals surface area contributed by atoms with Crippen LogP contribution in [0.5, 0.6) is 11.5 Å². The van der Waals surface area contributed by atoms with E-state index in [1.54, 1.807) is 12.1 Å². The van der Waals surface area contributed by atoms with Crippen LogP contribution in [0.1, 0.15) is 24.0 Å². The number of hydrogen-bond donors (Lipinski definition) is 4. The van der Waals surface area contributed by atoms with Gasteiger partial charge in [0.2, 0.25) is 17.6 Å². The van der Waals surface area contributed by atoms with Gasteiger partial charge >= 0.3 is 5.97 Å². The molecule has 0 radical (unpaired) electrons. The maximum atomic E-state index is 14.6. The van der Waals surface area contributed by atoms with Gasteiger partial charge in [0.15, 0.2) is 11.6 Å². The van der Waals surface area contributed by atoms with Gasteiger partial charge in [-0.15, -0.1) is 0 Å². The molecule has 12 heteroatoms. The normalized spacial score (nSPS) is 20.2. The number of carboxylic acid groups (broad SMARTS) is 1. The Morgan fingerprint density at radius 3 is 2.50 bits per heavy atom. The number of imide groups is 1. The lowest BCUT2D eigenvalue weighted by molar-refractivity contribution is -0.142. The summed E-state index contributed by atoms with van der Waals surface area (Å²) >= 11 is 0.723. The molecule has 0 saturated carbocycles. The molecule has 3 unspecified atom stereocenters. The number of carbonyl (C=O) groups is 4. The Kier molecular flexibility index (Phi) is 7.85. The Balaban J connectivity index is 1.38. The molecule has 0 aromatic heterocycles. The molecular formula is C24H23F2N3O6S. The Morgan fingerprint density at radius 1 is 1.14 bits per heavy atom. The van der Waals surface area contributed by atoms with E-state index in [2.05, 4.69) is 16.0 Å². The summed E-state index contributed by atoms with van der Waals surface area (Å²) in [5, 5.41) is 15.8. The smallest absolute Gasteiger partial charge is 0.326 e. The van der Waals surface area contributed by atoms with Crippen molar-refractivity contribution in [1.29, 1.82) is 0 Å². The van der Waals surface area contributed by atoms with E-state index >= 15 is 0 Å². The second kappa shape index (κ2) is 11.0. The predicted octanol–water partition coefficient (Wildman–Crippen LogP) is 2.52. The van der Waals surface area contributed by atoms with E-state index < -0.39 is 46.1 Å². The molecule has 3 amide bonds. The van der Waals surface area contributed by atoms with E-state index in [-0.39, 0.29) is 35.8 Å². The topological polar surface area (TPSA) is 134 Å². The maximum absolute atomic E-state index is 14.6. The van der Waals surface area contributed by atoms with Crippen molar-refractivity contribution in [2.45, 2.75) is 43.0 Å². The largest absolute Gasteiger partial charge is 0.480 e. The average Bonchev–Trinajstić information content (AvgIpc) is 3.49. The molecule has 2 heterocycles. The van der Waals surface area contributed by atoms with Gasteiger partial charge in [-0.1, -0.05) is 30.0 Å². The van der Waals surface area contributed by atoms with E-state index in [0.29, 0.717) is 18.5 Å². The molecule has 0 aliphatic carbocycles. The SMILES string of the molecule is O=C1NC(=O)C(Cc2ccc(Oc3ccc(CC(NC(=O)C4CCCN4)C(=O)O)cc3)c(F)c2F)S1. The molecule has 2 saturated heterocycles. The summed E-state index contributed by atoms with van der Waals surface area (Å²) in [6.45, 7) is 0.711. The van der Waals surface area contributed by atoms with Gasteiger partial charge < -0.3 is 20.5 Å². The first-order chi connectivity index (χ1) is 17.2. The van der Waals surface area contributed by atoms with Gasteiger partial charge in [0.25, 0.3) is 5.24 Å². The van der Waals surface area contributed by atoms with Crippen LogP contribution in [0, 0.1) is 11.6 Å². The number of rotatable bonds is 9. The molecule has 2 aliphatic heterocycles. The fourth-order valence-corrected chi connectivity index (χ4v) is 4.82. The number of carbonyl (C=O) groups excluding carboxylic acids is 3. The summed E-state index contributed by atoms with van der Waals surface area (Å²) in [6, 6.07) is 7.09. The van der Waals surface area contributed by atoms with Gasteiger partial charge in [-0.3, -0.25) is 19.7 Å². The van der Waals surface area contributed by atoms with Crippen molar-refractivity contribution < 1.29 is 37.8 Å². The highest BCUT2D eigenvalue weighted by Crippen LogP contribution is 2.30. The first-order valence-electron chi connectivity index (χ1n) is 11.2. The maximum Gasteiger partial charge on any atom is 0.326 e. The minimum Gasteiger partial charge on any atom is -0.480 e. The lowest BCUT2D eigenvalue weighted by Crippen LogP contribution is -2.49. The van der Waals surface area contributed by atoms with Gasteiger partial charge in [-0.25, -0.2) is 9.18 Å². The van der Waals surface area contributed by atoms with E-state index in [1.807, 2.05) is 0 Å². The van der Waals surface area contributed by atoms with Crippen molar-refractivity contribution in [3.8, 4) is 11.5 Å². The molecule has 2 aromatic rings. The number of hydrogen-bond acceptors (Lipinski definition) is 7. The third-order valence-electron chi connectivity index (χ3n) is 5.88. The average molecular weight is 520 g/mol. The highest BCUT2D eigenvalue weighted by Gasteiger charge is 2.33. The van der Waals surface area contributed by atoms with Crippen LogP contribution in [0.15, 0.2) is 36.4 Å². The third kappa shape index (κ3) is 6.00. The van der Waals surface area contributed by atoms with Crippen LogP contribution < -0.4 is 20.7 Å². The molecule has 2 aliphatic rings. The second-order valence-corrected chi connectivity index (χ2v) is 9.61. The molecule has 0 spiro atoms. The number of nitrogens with one attached hydrogen (secondary N) is 3. The van der Waals surface area contributed by atoms with Crippen LogP contribution in [0.2, 0.25) is 0 Å². The number of thioether (sulfide) groups is 1. The van der Waals surface area contributed by atoms with Crippen LogP contribution in [0.4, 0.5) is 13.6 Å². The van der Waals surface area contributed by atoms with Crippen molar-refractivity contribution in [3.05, 3.63) is 59.2 Å². The molecular weight excluding hydrogens is 496 g/mol. The fourth-order valence-electron chi connectivity index (χ4n) is 3.97. The van der Waals surface area contributed by atoms with Crippen LogP contribution in [-0.4, -0.2) is 52.0 Å². The first kappa shape index (κ1) is 25.6. The van der Waals surface area contributed by atoms with E-state index in [0.717, 1.165) is 18.2 Å². The minimum atomic E-state index is -1.24. The molecule has 190 valence electrons. The summed E-state index contributed by atoms with van der Waals surface area (Å²) in [5.74, 6) is -4.67. The second-order valence-electron chi connectivity index (χ2n) is 8.44. The van der Waals surface area contributed by atoms with E-state index in [9.17, 15) is 33.1 Å². The van der Waals surface area contributed by atoms with Gasteiger partial charge in [0.05, 0.1) is 11.3 Å². The highest BCUT2D eigenvalue weighted by molar-refractivity contribution is 8.15. The van der Waals surface area contributed by atoms with Crippen molar-refractivity contribution in [2.75, 3.05) is 6.54 Å². The quantitative estimate of drug-likeness (QED) is 0.397. The molecule has 3 atom stereocenters. The Bertz CT molecular complexity index is 1190. The Hall–Kier alpha value is -3.51. The van der Waals surface area contributed by atoms with Crippen molar-refractivity contribution >= 4 is 34.8 Å². The summed E-state index contributed by atoms with van der Waals surface area (Å²) in [5.41, 5.74) is 0.533. The number of amides is 3. The standard InChI is InChI=1S/C24H23F2N3O6S/c25-19-13(11-18-22(31)29-24(34)36-18)5-8-17(20(19)26)35-14-6-3-12(4-7-14)10-16(23(32)33)28-21(30)15-2-1-9-27-15/h3-8,15-16,18,27H,1-2,9-11H2,(H,28,30)(H,32,33)(H,29,31,34). The number of benzene rings is 2. The predicted molar refractivity (Wildman–Crippen MR) is 126 cm³/mol. The molecule has 9 nitrogen and oxygen atoms in total. The van der Waals surface area contributed by atoms with Crippen molar-refractivity contribution in [2.24, 2.45) is 0 Å². The molecule has 36 heavy (non-hydrogen) atoms. The number of halogens is 2. The van der Waals surface area contributed by atoms with Gasteiger partial charge in [-0.2, -0.15) is 4.39 Å². The van der Waals surface area contributed by atoms with Crippen molar-refractivity contribution in [1.82, 2.24) is 16.0 Å². The molecule has 0 bridgehead atoms. The van der Waals surface area contributed by atoms with Gasteiger partial charge in [0.1, 0.15) is 11.8 Å². The summed E-state index contributed by atoms with van der Waals surface area (Å²) in [6.07, 6.45) is 1.37. The number of ether oxygens (including phenoxy) is 1. The zero-order valence-electron chi connectivity index (χ0n) is 18.9. The fraction of sp³-hybridized carbons (Fsp3) is 0.333. The van der Waals surface area contributed by atoms with E-state index in [4.69, 9.17) is 4.74 Å². The zero-order chi connectivity index (χ0) is 25.8. The molecule has 2 fully saturated rings. The molecule has 4 N–H and O–H groups in total. The van der Waals surface area contributed by atoms with E-state index in [1.165, 1.54) is 24.3 Å². The summed E-state index contributed by atoms with van der Waals surface area (Å²) in [4.78, 5) is 46.8. The number of aliphatic carboxylic acids is 1. The lowest BCUT2D eigenvalue weighted by Gasteiger charge is -2.18. The van der Waals surface area contributed by atoms with Gasteiger partial charge in [-0.05, 0) is 55.1 Å². The number of carboxylic acids is 1. The van der Waals surface area contributed by atoms with Crippen molar-refractivity contribution in [3.63, 3.8) is 0 Å². The monoisotopic (exact) mass is 519 g/mol. The Labute approximate surface area is 209 Å². The summed E-state index contributed by atoms with van der Waals surface area (Å²) in [7, 11) is 0. The molecule has 4 rings (SSSR count). The van der Waals surface area contributed by atoms with Crippen LogP contribution in [0.3, 0.4) is 0 Å². The lowest BCUT2D eigenvalue weighted by atomic mass is 10.0. The Morgan fingerprint density at radius 2 is 1.89 bits per heavy atom. The van der Waals surface area contributed by atoms with Crippen LogP contribution in [0.25, 0.3) is 0 Å². The minimum absolute atomic E-state index is 0.0288. The van der Waals surface area contributed by atoms with Gasteiger partial charge in [0, 0.05) is 6.42 Å². The third-order valence-corrected chi connectivity index (χ3v) is 6.86. The first-order valence-corrected chi connectivity index (χ1v) is 12.1. The highest BCUT2D eigenvalue weighted by atomic mass is 32.2. The zero-order valence-corrected chi connectivity index (χ0v) is 19.7. The molecule has 2 aromatic carbocycles.